The number of aliphatic imine (C=N–C) groups is 1. The van der Waals surface area contributed by atoms with Crippen LogP contribution >= 0.6 is 35.3 Å². The van der Waals surface area contributed by atoms with E-state index in [2.05, 4.69) is 35.8 Å². The molecule has 2 heterocycles. The molecular weight excluding hydrogens is 487 g/mol. The number of aryl methyl sites for hydroxylation is 1. The number of aliphatic hydroxyl groups is 1. The van der Waals surface area contributed by atoms with Crippen LogP contribution in [-0.4, -0.2) is 55.5 Å². The Balaban J connectivity index is 0.00000280. The smallest absolute Gasteiger partial charge is 0.191 e. The number of fused-ring (bicyclic) bond motifs is 1. The van der Waals surface area contributed by atoms with Crippen LogP contribution < -0.4 is 10.6 Å². The quantitative estimate of drug-likeness (QED) is 0.206. The number of nitrogens with one attached hydrogen (secondary N) is 2. The number of thiazole rings is 1. The van der Waals surface area contributed by atoms with Gasteiger partial charge < -0.3 is 20.5 Å². The molecule has 156 valence electrons. The first-order valence-electron chi connectivity index (χ1n) is 9.80. The van der Waals surface area contributed by atoms with Gasteiger partial charge in [-0.2, -0.15) is 0 Å². The van der Waals surface area contributed by atoms with Crippen LogP contribution in [0, 0.1) is 5.41 Å². The minimum atomic E-state index is -0.0158. The topological polar surface area (TPSA) is 78.8 Å². The van der Waals surface area contributed by atoms with Gasteiger partial charge in [0.25, 0.3) is 0 Å². The van der Waals surface area contributed by atoms with E-state index in [4.69, 9.17) is 14.7 Å². The van der Waals surface area contributed by atoms with Gasteiger partial charge in [-0.3, -0.25) is 4.99 Å². The zero-order chi connectivity index (χ0) is 19.0. The third-order valence-corrected chi connectivity index (χ3v) is 6.04. The van der Waals surface area contributed by atoms with E-state index in [9.17, 15) is 5.11 Å². The van der Waals surface area contributed by atoms with Crippen molar-refractivity contribution in [1.82, 2.24) is 15.6 Å². The lowest BCUT2D eigenvalue weighted by Crippen LogP contribution is -2.39. The molecule has 1 saturated heterocycles. The Bertz CT molecular complexity index is 714. The molecule has 1 aliphatic heterocycles. The van der Waals surface area contributed by atoms with Crippen molar-refractivity contribution in [2.45, 2.75) is 32.6 Å². The number of rotatable bonds is 9. The van der Waals surface area contributed by atoms with Crippen LogP contribution in [0.4, 0.5) is 0 Å². The van der Waals surface area contributed by atoms with Crippen LogP contribution in [0.2, 0.25) is 0 Å². The molecule has 1 aromatic heterocycles. The molecule has 0 radical (unpaired) electrons. The second-order valence-electron chi connectivity index (χ2n) is 7.08. The Morgan fingerprint density at radius 1 is 1.36 bits per heavy atom. The van der Waals surface area contributed by atoms with E-state index >= 15 is 0 Å². The molecule has 0 saturated carbocycles. The van der Waals surface area contributed by atoms with E-state index in [1.807, 2.05) is 6.07 Å². The average molecular weight is 518 g/mol. The molecule has 1 aromatic carbocycles. The molecule has 8 heteroatoms. The molecule has 1 unspecified atom stereocenters. The molecule has 6 nitrogen and oxygen atoms in total. The van der Waals surface area contributed by atoms with Gasteiger partial charge in [0, 0.05) is 38.1 Å². The van der Waals surface area contributed by atoms with Crippen molar-refractivity contribution in [2.24, 2.45) is 10.4 Å². The summed E-state index contributed by atoms with van der Waals surface area (Å²) in [7, 11) is 0. The maximum atomic E-state index is 9.35. The largest absolute Gasteiger partial charge is 0.396 e. The van der Waals surface area contributed by atoms with Crippen LogP contribution in [0.25, 0.3) is 10.2 Å². The summed E-state index contributed by atoms with van der Waals surface area (Å²) in [6.45, 7) is 6.07. The first-order valence-corrected chi connectivity index (χ1v) is 10.6. The van der Waals surface area contributed by atoms with E-state index in [-0.39, 0.29) is 36.0 Å². The number of para-hydroxylation sites is 1. The van der Waals surface area contributed by atoms with Crippen LogP contribution in [-0.2, 0) is 11.2 Å². The summed E-state index contributed by atoms with van der Waals surface area (Å²) in [6.07, 6.45) is 3.69. The molecule has 1 aliphatic rings. The highest BCUT2D eigenvalue weighted by atomic mass is 127. The normalized spacial score (nSPS) is 19.6. The van der Waals surface area contributed by atoms with Crippen LogP contribution in [0.5, 0.6) is 0 Å². The van der Waals surface area contributed by atoms with Crippen molar-refractivity contribution in [3.63, 3.8) is 0 Å². The van der Waals surface area contributed by atoms with Crippen molar-refractivity contribution >= 4 is 51.5 Å². The fourth-order valence-corrected chi connectivity index (χ4v) is 4.36. The van der Waals surface area contributed by atoms with Crippen molar-refractivity contribution in [3.05, 3.63) is 29.3 Å². The maximum Gasteiger partial charge on any atom is 0.191 e. The monoisotopic (exact) mass is 518 g/mol. The zero-order valence-electron chi connectivity index (χ0n) is 16.4. The highest BCUT2D eigenvalue weighted by Gasteiger charge is 2.34. The van der Waals surface area contributed by atoms with Crippen molar-refractivity contribution < 1.29 is 9.84 Å². The first-order chi connectivity index (χ1) is 13.2. The predicted octanol–water partition coefficient (Wildman–Crippen LogP) is 3.19. The third-order valence-electron chi connectivity index (χ3n) is 4.94. The SMILES string of the molecule is CCNC(=NCC1(CCO)CCOC1)NCCCc1nc2ccccc2s1.I. The number of benzene rings is 1. The molecule has 0 spiro atoms. The standard InChI is InChI=1S/C20H30N4O2S.HI/c1-2-21-19(23-14-20(9-12-25)10-13-26-15-20)22-11-5-8-18-24-16-6-3-4-7-17(16)27-18;/h3-4,6-7,25H,2,5,8-15H2,1H3,(H2,21,22,23);1H. The molecular formula is C20H31IN4O2S. The number of halogens is 1. The highest BCUT2D eigenvalue weighted by molar-refractivity contribution is 14.0. The summed E-state index contributed by atoms with van der Waals surface area (Å²) >= 11 is 1.78. The lowest BCUT2D eigenvalue weighted by Gasteiger charge is -2.24. The van der Waals surface area contributed by atoms with E-state index < -0.39 is 0 Å². The Kier molecular flexibility index (Phi) is 9.90. The summed E-state index contributed by atoms with van der Waals surface area (Å²) in [5, 5.41) is 17.3. The minimum absolute atomic E-state index is 0. The molecule has 0 amide bonds. The second-order valence-corrected chi connectivity index (χ2v) is 8.19. The van der Waals surface area contributed by atoms with E-state index in [1.54, 1.807) is 11.3 Å². The number of guanidine groups is 1. The molecule has 28 heavy (non-hydrogen) atoms. The lowest BCUT2D eigenvalue weighted by molar-refractivity contribution is 0.131. The van der Waals surface area contributed by atoms with Gasteiger partial charge in [-0.25, -0.2) is 4.98 Å². The molecule has 0 bridgehead atoms. The minimum Gasteiger partial charge on any atom is -0.396 e. The van der Waals surface area contributed by atoms with Crippen LogP contribution in [0.15, 0.2) is 29.3 Å². The molecule has 3 N–H and O–H groups in total. The predicted molar refractivity (Wildman–Crippen MR) is 127 cm³/mol. The first kappa shape index (κ1) is 23.3. The summed E-state index contributed by atoms with van der Waals surface area (Å²) in [5.74, 6) is 0.839. The Morgan fingerprint density at radius 3 is 2.93 bits per heavy atom. The van der Waals surface area contributed by atoms with E-state index in [0.717, 1.165) is 56.9 Å². The summed E-state index contributed by atoms with van der Waals surface area (Å²) in [4.78, 5) is 9.45. The van der Waals surface area contributed by atoms with E-state index in [0.29, 0.717) is 13.2 Å². The average Bonchev–Trinajstić information content (AvgIpc) is 3.30. The fraction of sp³-hybridized carbons (Fsp3) is 0.600. The lowest BCUT2D eigenvalue weighted by atomic mass is 9.84. The Morgan fingerprint density at radius 2 is 2.21 bits per heavy atom. The number of hydrogen-bond acceptors (Lipinski definition) is 5. The van der Waals surface area contributed by atoms with Gasteiger partial charge in [0.15, 0.2) is 5.96 Å². The van der Waals surface area contributed by atoms with E-state index in [1.165, 1.54) is 9.71 Å². The third kappa shape index (κ3) is 6.53. The second kappa shape index (κ2) is 11.9. The molecule has 1 fully saturated rings. The van der Waals surface area contributed by atoms with Gasteiger partial charge >= 0.3 is 0 Å². The number of hydrogen-bond donors (Lipinski definition) is 3. The van der Waals surface area contributed by atoms with Crippen LogP contribution in [0.3, 0.4) is 0 Å². The Hall–Kier alpha value is -0.970. The zero-order valence-corrected chi connectivity index (χ0v) is 19.6. The summed E-state index contributed by atoms with van der Waals surface area (Å²) in [6, 6.07) is 8.29. The fourth-order valence-electron chi connectivity index (χ4n) is 3.35. The van der Waals surface area contributed by atoms with Crippen LogP contribution in [0.1, 0.15) is 31.2 Å². The number of aromatic nitrogens is 1. The molecule has 3 rings (SSSR count). The van der Waals surface area contributed by atoms with Gasteiger partial charge in [-0.05, 0) is 38.3 Å². The molecule has 2 aromatic rings. The Labute approximate surface area is 188 Å². The summed E-state index contributed by atoms with van der Waals surface area (Å²) in [5.41, 5.74) is 1.08. The molecule has 0 aliphatic carbocycles. The van der Waals surface area contributed by atoms with Crippen molar-refractivity contribution in [1.29, 1.82) is 0 Å². The van der Waals surface area contributed by atoms with Gasteiger partial charge in [-0.1, -0.05) is 12.1 Å². The number of aliphatic hydroxyl groups excluding tert-OH is 1. The summed E-state index contributed by atoms with van der Waals surface area (Å²) < 4.78 is 6.80. The number of ether oxygens (including phenoxy) is 1. The maximum absolute atomic E-state index is 9.35. The van der Waals surface area contributed by atoms with Gasteiger partial charge in [0.1, 0.15) is 0 Å². The van der Waals surface area contributed by atoms with Gasteiger partial charge in [0.05, 0.1) is 28.4 Å². The van der Waals surface area contributed by atoms with Gasteiger partial charge in [0.2, 0.25) is 0 Å². The van der Waals surface area contributed by atoms with Gasteiger partial charge in [-0.15, -0.1) is 35.3 Å². The van der Waals surface area contributed by atoms with Crippen molar-refractivity contribution in [2.75, 3.05) is 39.5 Å². The van der Waals surface area contributed by atoms with Crippen molar-refractivity contribution in [3.8, 4) is 0 Å². The highest BCUT2D eigenvalue weighted by Crippen LogP contribution is 2.32. The molecule has 1 atom stereocenters. The number of nitrogens with zero attached hydrogens (tertiary/aromatic N) is 2.